The molecule has 0 aromatic carbocycles. The van der Waals surface area contributed by atoms with Crippen LogP contribution in [0.25, 0.3) is 0 Å². The molecule has 0 aliphatic carbocycles. The van der Waals surface area contributed by atoms with Crippen LogP contribution in [0.2, 0.25) is 0 Å². The third kappa shape index (κ3) is 4.77. The minimum absolute atomic E-state index is 0.0814. The van der Waals surface area contributed by atoms with Gasteiger partial charge in [-0.15, -0.1) is 0 Å². The normalized spacial score (nSPS) is 14.1. The van der Waals surface area contributed by atoms with Crippen LogP contribution in [-0.4, -0.2) is 27.8 Å². The highest BCUT2D eigenvalue weighted by Crippen LogP contribution is 2.07. The van der Waals surface area contributed by atoms with Crippen LogP contribution in [0.5, 0.6) is 0 Å². The van der Waals surface area contributed by atoms with Crippen molar-refractivity contribution in [2.45, 2.75) is 52.3 Å². The van der Waals surface area contributed by atoms with Crippen molar-refractivity contribution >= 4 is 0 Å². The average molecular weight is 225 g/mol. The fourth-order valence-electron chi connectivity index (χ4n) is 1.47. The van der Waals surface area contributed by atoms with Crippen molar-refractivity contribution in [1.82, 2.24) is 9.55 Å². The SMILES string of the molecule is CC(N)Cc1nccn1CCOC(C)(C)C. The summed E-state index contributed by atoms with van der Waals surface area (Å²) in [5.74, 6) is 1.03. The van der Waals surface area contributed by atoms with Gasteiger partial charge in [0.25, 0.3) is 0 Å². The largest absolute Gasteiger partial charge is 0.374 e. The number of aromatic nitrogens is 2. The molecule has 4 heteroatoms. The van der Waals surface area contributed by atoms with Crippen LogP contribution in [0.1, 0.15) is 33.5 Å². The third-order valence-corrected chi connectivity index (χ3v) is 2.17. The molecule has 0 bridgehead atoms. The molecule has 0 aliphatic heterocycles. The molecule has 1 aromatic rings. The van der Waals surface area contributed by atoms with Crippen LogP contribution < -0.4 is 5.73 Å². The lowest BCUT2D eigenvalue weighted by molar-refractivity contribution is -0.00708. The first kappa shape index (κ1) is 13.2. The van der Waals surface area contributed by atoms with E-state index in [1.54, 1.807) is 0 Å². The smallest absolute Gasteiger partial charge is 0.110 e. The maximum atomic E-state index is 5.77. The predicted octanol–water partition coefficient (Wildman–Crippen LogP) is 1.59. The Bertz CT molecular complexity index is 312. The highest BCUT2D eigenvalue weighted by atomic mass is 16.5. The van der Waals surface area contributed by atoms with Crippen LogP contribution in [-0.2, 0) is 17.7 Å². The van der Waals surface area contributed by atoms with Gasteiger partial charge in [-0.25, -0.2) is 4.98 Å². The number of nitrogens with zero attached hydrogens (tertiary/aromatic N) is 2. The molecule has 92 valence electrons. The van der Waals surface area contributed by atoms with Crippen molar-refractivity contribution in [3.63, 3.8) is 0 Å². The van der Waals surface area contributed by atoms with E-state index in [-0.39, 0.29) is 11.6 Å². The van der Waals surface area contributed by atoms with Gasteiger partial charge < -0.3 is 15.0 Å². The molecule has 1 aromatic heterocycles. The molecule has 0 fully saturated rings. The minimum atomic E-state index is -0.0814. The van der Waals surface area contributed by atoms with Crippen molar-refractivity contribution in [2.75, 3.05) is 6.61 Å². The molecule has 0 amide bonds. The van der Waals surface area contributed by atoms with Gasteiger partial charge >= 0.3 is 0 Å². The van der Waals surface area contributed by atoms with Gasteiger partial charge in [-0.2, -0.15) is 0 Å². The Kier molecular flexibility index (Phi) is 4.50. The minimum Gasteiger partial charge on any atom is -0.374 e. The Morgan fingerprint density at radius 2 is 2.19 bits per heavy atom. The predicted molar refractivity (Wildman–Crippen MR) is 65.3 cm³/mol. The molecule has 16 heavy (non-hydrogen) atoms. The number of ether oxygens (including phenoxy) is 1. The molecular weight excluding hydrogens is 202 g/mol. The number of hydrogen-bond acceptors (Lipinski definition) is 3. The lowest BCUT2D eigenvalue weighted by Gasteiger charge is -2.20. The van der Waals surface area contributed by atoms with Crippen LogP contribution in [0.15, 0.2) is 12.4 Å². The Labute approximate surface area is 97.8 Å². The van der Waals surface area contributed by atoms with Gasteiger partial charge in [-0.05, 0) is 27.7 Å². The van der Waals surface area contributed by atoms with Crippen molar-refractivity contribution in [3.05, 3.63) is 18.2 Å². The van der Waals surface area contributed by atoms with Gasteiger partial charge in [0.2, 0.25) is 0 Å². The Morgan fingerprint density at radius 1 is 1.50 bits per heavy atom. The van der Waals surface area contributed by atoms with Crippen molar-refractivity contribution in [2.24, 2.45) is 5.73 Å². The third-order valence-electron chi connectivity index (χ3n) is 2.17. The molecular formula is C12H23N3O. The monoisotopic (exact) mass is 225 g/mol. The van der Waals surface area contributed by atoms with Gasteiger partial charge in [0.05, 0.1) is 12.2 Å². The summed E-state index contributed by atoms with van der Waals surface area (Å²) in [5.41, 5.74) is 5.68. The van der Waals surface area contributed by atoms with Crippen LogP contribution in [0, 0.1) is 0 Å². The van der Waals surface area contributed by atoms with Gasteiger partial charge in [0, 0.05) is 31.4 Å². The summed E-state index contributed by atoms with van der Waals surface area (Å²) < 4.78 is 7.79. The van der Waals surface area contributed by atoms with Crippen LogP contribution >= 0.6 is 0 Å². The molecule has 0 radical (unpaired) electrons. The molecule has 4 nitrogen and oxygen atoms in total. The second-order valence-corrected chi connectivity index (χ2v) is 5.18. The molecule has 1 rings (SSSR count). The van der Waals surface area contributed by atoms with E-state index in [1.807, 2.05) is 19.3 Å². The maximum Gasteiger partial charge on any atom is 0.110 e. The van der Waals surface area contributed by atoms with E-state index in [4.69, 9.17) is 10.5 Å². The molecule has 0 saturated heterocycles. The van der Waals surface area contributed by atoms with Gasteiger partial charge in [-0.1, -0.05) is 0 Å². The number of hydrogen-bond donors (Lipinski definition) is 1. The van der Waals surface area contributed by atoms with Crippen molar-refractivity contribution in [1.29, 1.82) is 0 Å². The number of rotatable bonds is 5. The zero-order valence-corrected chi connectivity index (χ0v) is 10.7. The first-order valence-corrected chi connectivity index (χ1v) is 5.78. The van der Waals surface area contributed by atoms with Gasteiger partial charge in [-0.3, -0.25) is 0 Å². The van der Waals surface area contributed by atoms with E-state index in [9.17, 15) is 0 Å². The van der Waals surface area contributed by atoms with E-state index in [2.05, 4.69) is 30.3 Å². The first-order valence-electron chi connectivity index (χ1n) is 5.78. The molecule has 0 spiro atoms. The van der Waals surface area contributed by atoms with Gasteiger partial charge in [0.15, 0.2) is 0 Å². The lowest BCUT2D eigenvalue weighted by Crippen LogP contribution is -2.24. The van der Waals surface area contributed by atoms with E-state index < -0.39 is 0 Å². The lowest BCUT2D eigenvalue weighted by atomic mass is 10.2. The van der Waals surface area contributed by atoms with E-state index in [0.717, 1.165) is 18.8 Å². The summed E-state index contributed by atoms with van der Waals surface area (Å²) in [6.45, 7) is 9.70. The van der Waals surface area contributed by atoms with E-state index >= 15 is 0 Å². The second kappa shape index (κ2) is 5.46. The fourth-order valence-corrected chi connectivity index (χ4v) is 1.47. The Balaban J connectivity index is 2.45. The fraction of sp³-hybridized carbons (Fsp3) is 0.750. The highest BCUT2D eigenvalue weighted by Gasteiger charge is 2.10. The zero-order valence-electron chi connectivity index (χ0n) is 10.7. The van der Waals surface area contributed by atoms with Gasteiger partial charge in [0.1, 0.15) is 5.82 Å². The van der Waals surface area contributed by atoms with E-state index in [1.165, 1.54) is 0 Å². The van der Waals surface area contributed by atoms with E-state index in [0.29, 0.717) is 6.61 Å². The summed E-state index contributed by atoms with van der Waals surface area (Å²) in [6.07, 6.45) is 4.60. The molecule has 0 saturated carbocycles. The summed E-state index contributed by atoms with van der Waals surface area (Å²) in [4.78, 5) is 4.30. The molecule has 1 unspecified atom stereocenters. The topological polar surface area (TPSA) is 53.1 Å². The van der Waals surface area contributed by atoms with Crippen LogP contribution in [0.3, 0.4) is 0 Å². The average Bonchev–Trinajstić information content (AvgIpc) is 2.49. The Hall–Kier alpha value is -0.870. The quantitative estimate of drug-likeness (QED) is 0.828. The number of nitrogens with two attached hydrogens (primary N) is 1. The number of imidazole rings is 1. The zero-order chi connectivity index (χ0) is 12.2. The van der Waals surface area contributed by atoms with Crippen molar-refractivity contribution < 1.29 is 4.74 Å². The molecule has 1 atom stereocenters. The Morgan fingerprint density at radius 3 is 2.75 bits per heavy atom. The maximum absolute atomic E-state index is 5.77. The molecule has 1 heterocycles. The second-order valence-electron chi connectivity index (χ2n) is 5.18. The molecule has 2 N–H and O–H groups in total. The molecule has 0 aliphatic rings. The standard InChI is InChI=1S/C12H23N3O/c1-10(13)9-11-14-5-6-15(11)7-8-16-12(2,3)4/h5-6,10H,7-9,13H2,1-4H3. The first-order chi connectivity index (χ1) is 7.38. The van der Waals surface area contributed by atoms with Crippen LogP contribution in [0.4, 0.5) is 0 Å². The van der Waals surface area contributed by atoms with Crippen molar-refractivity contribution in [3.8, 4) is 0 Å². The highest BCUT2D eigenvalue weighted by molar-refractivity contribution is 4.94. The summed E-state index contributed by atoms with van der Waals surface area (Å²) in [5, 5.41) is 0. The summed E-state index contributed by atoms with van der Waals surface area (Å²) in [6, 6.07) is 0.143. The summed E-state index contributed by atoms with van der Waals surface area (Å²) in [7, 11) is 0. The summed E-state index contributed by atoms with van der Waals surface area (Å²) >= 11 is 0.